The number of methoxy groups -OCH3 is 1. The first-order chi connectivity index (χ1) is 15.9. The quantitative estimate of drug-likeness (QED) is 0.356. The Morgan fingerprint density at radius 1 is 1.09 bits per heavy atom. The van der Waals surface area contributed by atoms with Crippen molar-refractivity contribution in [1.29, 1.82) is 0 Å². The summed E-state index contributed by atoms with van der Waals surface area (Å²) >= 11 is 0. The van der Waals surface area contributed by atoms with E-state index in [0.29, 0.717) is 39.5 Å². The van der Waals surface area contributed by atoms with Gasteiger partial charge in [0, 0.05) is 40.3 Å². The number of nitrogens with two attached hydrogens (primary N) is 1. The predicted molar refractivity (Wildman–Crippen MR) is 125 cm³/mol. The average molecular weight is 447 g/mol. The van der Waals surface area contributed by atoms with Crippen LogP contribution in [0.1, 0.15) is 22.5 Å². The second-order valence-electron chi connectivity index (χ2n) is 7.70. The summed E-state index contributed by atoms with van der Waals surface area (Å²) in [5, 5.41) is 20.7. The Labute approximate surface area is 191 Å². The minimum absolute atomic E-state index is 0.159. The van der Waals surface area contributed by atoms with Crippen molar-refractivity contribution in [3.05, 3.63) is 77.0 Å². The van der Waals surface area contributed by atoms with Gasteiger partial charge in [-0.1, -0.05) is 30.3 Å². The van der Waals surface area contributed by atoms with Crippen LogP contribution in [0.2, 0.25) is 0 Å². The van der Waals surface area contributed by atoms with Crippen LogP contribution in [0, 0.1) is 6.92 Å². The molecular formula is C26H25NO6. The first kappa shape index (κ1) is 22.2. The fourth-order valence-corrected chi connectivity index (χ4v) is 3.86. The molecule has 0 atom stereocenters. The topological polar surface area (TPSA) is 115 Å². The molecule has 4 N–H and O–H groups in total. The van der Waals surface area contributed by atoms with Gasteiger partial charge in [0.2, 0.25) is 0 Å². The summed E-state index contributed by atoms with van der Waals surface area (Å²) in [7, 11) is 1.54. The third kappa shape index (κ3) is 4.49. The van der Waals surface area contributed by atoms with E-state index in [0.717, 1.165) is 16.5 Å². The Morgan fingerprint density at radius 2 is 1.91 bits per heavy atom. The summed E-state index contributed by atoms with van der Waals surface area (Å²) in [5.74, 6) is 0.927. The molecule has 0 amide bonds. The van der Waals surface area contributed by atoms with E-state index in [9.17, 15) is 15.0 Å². The maximum atomic E-state index is 11.3. The number of aryl methyl sites for hydroxylation is 1. The highest BCUT2D eigenvalue weighted by Gasteiger charge is 2.16. The molecule has 33 heavy (non-hydrogen) atoms. The molecule has 0 saturated heterocycles. The molecule has 0 aliphatic heterocycles. The van der Waals surface area contributed by atoms with Crippen molar-refractivity contribution in [1.82, 2.24) is 0 Å². The number of furan rings is 1. The molecule has 1 heterocycles. The van der Waals surface area contributed by atoms with E-state index >= 15 is 0 Å². The van der Waals surface area contributed by atoms with Gasteiger partial charge in [0.15, 0.2) is 0 Å². The van der Waals surface area contributed by atoms with Gasteiger partial charge in [-0.25, -0.2) is 0 Å². The maximum Gasteiger partial charge on any atom is 0.307 e. The van der Waals surface area contributed by atoms with Gasteiger partial charge in [0.05, 0.1) is 13.5 Å². The van der Waals surface area contributed by atoms with E-state index in [2.05, 4.69) is 0 Å². The zero-order chi connectivity index (χ0) is 23.5. The predicted octanol–water partition coefficient (Wildman–Crippen LogP) is 4.79. The number of para-hydroxylation sites is 1. The van der Waals surface area contributed by atoms with Crippen molar-refractivity contribution in [2.75, 3.05) is 7.11 Å². The van der Waals surface area contributed by atoms with Gasteiger partial charge in [0.1, 0.15) is 35.2 Å². The lowest BCUT2D eigenvalue weighted by molar-refractivity contribution is -0.136. The molecule has 0 saturated carbocycles. The van der Waals surface area contributed by atoms with Crippen LogP contribution in [-0.4, -0.2) is 23.3 Å². The fraction of sp³-hybridized carbons (Fsp3) is 0.192. The number of phenolic OH excluding ortho intramolecular Hbond substituents is 1. The van der Waals surface area contributed by atoms with Gasteiger partial charge >= 0.3 is 5.97 Å². The van der Waals surface area contributed by atoms with E-state index in [4.69, 9.17) is 19.6 Å². The Balaban J connectivity index is 1.70. The smallest absolute Gasteiger partial charge is 0.307 e. The minimum Gasteiger partial charge on any atom is -0.507 e. The van der Waals surface area contributed by atoms with E-state index < -0.39 is 5.97 Å². The maximum absolute atomic E-state index is 11.3. The number of carbonyl (C=O) groups is 1. The molecule has 7 heteroatoms. The zero-order valence-electron chi connectivity index (χ0n) is 18.4. The molecule has 0 bridgehead atoms. The SMILES string of the molecule is COc1ccc(CC(=O)O)c(OCc2c(C)oc3ccc(-c4cccc(CN)c4O)cc23)c1. The molecule has 4 rings (SSSR count). The third-order valence-electron chi connectivity index (χ3n) is 5.63. The van der Waals surface area contributed by atoms with Gasteiger partial charge in [-0.15, -0.1) is 0 Å². The highest BCUT2D eigenvalue weighted by atomic mass is 16.5. The van der Waals surface area contributed by atoms with Gasteiger partial charge in [-0.2, -0.15) is 0 Å². The number of ether oxygens (including phenoxy) is 2. The molecule has 3 aromatic carbocycles. The summed E-state index contributed by atoms with van der Waals surface area (Å²) in [6.07, 6.45) is -0.161. The number of aliphatic carboxylic acids is 1. The number of phenols is 1. The molecule has 0 spiro atoms. The number of aromatic hydroxyl groups is 1. The van der Waals surface area contributed by atoms with Gasteiger partial charge in [0.25, 0.3) is 0 Å². The number of carboxylic acids is 1. The molecule has 0 fully saturated rings. The van der Waals surface area contributed by atoms with Crippen molar-refractivity contribution in [3.8, 4) is 28.4 Å². The van der Waals surface area contributed by atoms with Crippen LogP contribution in [0.15, 0.2) is 59.0 Å². The van der Waals surface area contributed by atoms with Crippen LogP contribution in [-0.2, 0) is 24.4 Å². The monoisotopic (exact) mass is 447 g/mol. The lowest BCUT2D eigenvalue weighted by Crippen LogP contribution is -2.05. The van der Waals surface area contributed by atoms with Crippen molar-refractivity contribution in [2.45, 2.75) is 26.5 Å². The molecule has 0 unspecified atom stereocenters. The molecule has 1 aromatic heterocycles. The molecule has 0 aliphatic rings. The first-order valence-corrected chi connectivity index (χ1v) is 10.5. The lowest BCUT2D eigenvalue weighted by Gasteiger charge is -2.12. The van der Waals surface area contributed by atoms with Crippen molar-refractivity contribution in [2.24, 2.45) is 5.73 Å². The normalized spacial score (nSPS) is 11.0. The van der Waals surface area contributed by atoms with Crippen molar-refractivity contribution >= 4 is 16.9 Å². The lowest BCUT2D eigenvalue weighted by atomic mass is 9.99. The summed E-state index contributed by atoms with van der Waals surface area (Å²) < 4.78 is 17.2. The van der Waals surface area contributed by atoms with Gasteiger partial charge in [-0.3, -0.25) is 4.79 Å². The Hall–Kier alpha value is -3.97. The Kier molecular flexibility index (Phi) is 6.24. The van der Waals surface area contributed by atoms with Crippen molar-refractivity contribution in [3.63, 3.8) is 0 Å². The second kappa shape index (κ2) is 9.26. The molecule has 7 nitrogen and oxygen atoms in total. The Bertz CT molecular complexity index is 1320. The number of fused-ring (bicyclic) bond motifs is 1. The molecule has 170 valence electrons. The number of hydrogen-bond donors (Lipinski definition) is 3. The first-order valence-electron chi connectivity index (χ1n) is 10.5. The van der Waals surface area contributed by atoms with E-state index in [1.54, 1.807) is 31.4 Å². The van der Waals surface area contributed by atoms with Crippen LogP contribution in [0.5, 0.6) is 17.2 Å². The van der Waals surface area contributed by atoms with Crippen LogP contribution >= 0.6 is 0 Å². The largest absolute Gasteiger partial charge is 0.507 e. The summed E-state index contributed by atoms with van der Waals surface area (Å²) in [5.41, 5.74) is 10.0. The van der Waals surface area contributed by atoms with E-state index in [-0.39, 0.29) is 25.3 Å². The molecule has 4 aromatic rings. The van der Waals surface area contributed by atoms with Crippen LogP contribution in [0.4, 0.5) is 0 Å². The van der Waals surface area contributed by atoms with Gasteiger partial charge < -0.3 is 29.8 Å². The van der Waals surface area contributed by atoms with Crippen molar-refractivity contribution < 1.29 is 28.9 Å². The number of benzene rings is 3. The zero-order valence-corrected chi connectivity index (χ0v) is 18.4. The highest BCUT2D eigenvalue weighted by Crippen LogP contribution is 2.36. The fourth-order valence-electron chi connectivity index (χ4n) is 3.86. The number of hydrogen-bond acceptors (Lipinski definition) is 6. The van der Waals surface area contributed by atoms with Crippen LogP contribution in [0.25, 0.3) is 22.1 Å². The summed E-state index contributed by atoms with van der Waals surface area (Å²) in [6.45, 7) is 2.27. The third-order valence-corrected chi connectivity index (χ3v) is 5.63. The summed E-state index contributed by atoms with van der Waals surface area (Å²) in [4.78, 5) is 11.3. The second-order valence-corrected chi connectivity index (χ2v) is 7.70. The minimum atomic E-state index is -0.945. The Morgan fingerprint density at radius 3 is 2.64 bits per heavy atom. The average Bonchev–Trinajstić information content (AvgIpc) is 3.12. The van der Waals surface area contributed by atoms with E-state index in [1.807, 2.05) is 37.3 Å². The number of rotatable bonds is 8. The summed E-state index contributed by atoms with van der Waals surface area (Å²) in [6, 6.07) is 16.3. The highest BCUT2D eigenvalue weighted by molar-refractivity contribution is 5.88. The molecule has 0 aliphatic carbocycles. The van der Waals surface area contributed by atoms with Crippen LogP contribution < -0.4 is 15.2 Å². The standard InChI is InChI=1S/C26H25NO6/c1-15-22(14-32-24-12-19(31-2)8-6-17(24)11-25(28)29)21-10-16(7-9-23(21)33-15)20-5-3-4-18(13-27)26(20)30/h3-10,12,30H,11,13-14,27H2,1-2H3,(H,28,29). The number of carboxylic acid groups (broad SMARTS) is 1. The van der Waals surface area contributed by atoms with E-state index in [1.165, 1.54) is 0 Å². The molecule has 0 radical (unpaired) electrons. The van der Waals surface area contributed by atoms with Crippen LogP contribution in [0.3, 0.4) is 0 Å². The van der Waals surface area contributed by atoms with Gasteiger partial charge in [-0.05, 0) is 30.7 Å². The molecular weight excluding hydrogens is 422 g/mol.